The molecule has 1 aliphatic rings. The Labute approximate surface area is 195 Å². The molecule has 0 radical (unpaired) electrons. The van der Waals surface area contributed by atoms with Gasteiger partial charge in [0.2, 0.25) is 0 Å². The van der Waals surface area contributed by atoms with Crippen molar-refractivity contribution in [2.24, 2.45) is 5.92 Å². The van der Waals surface area contributed by atoms with Gasteiger partial charge in [-0.2, -0.15) is 0 Å². The summed E-state index contributed by atoms with van der Waals surface area (Å²) in [6.07, 6.45) is 1.88. The van der Waals surface area contributed by atoms with E-state index in [-0.39, 0.29) is 12.0 Å². The van der Waals surface area contributed by atoms with Gasteiger partial charge in [-0.15, -0.1) is 0 Å². The standard InChI is InChI=1S/C26H26N6O2/c27-21-10-9-15-7-5-14(11-18(15)31-21)6-8-16-12-20(24(34)23(16)33)32-19-4-2-1-3-17(19)22-25(28)29-13-30-26(22)32/h1-5,7,9-11,13,16,20,23-24,33-34H,6,8,12H2,(H2,27,31)(H2,28,29,30)/t16-,20+,23+,24-/m0/s1. The Morgan fingerprint density at radius 1 is 0.971 bits per heavy atom. The molecular weight excluding hydrogens is 428 g/mol. The molecule has 0 aliphatic heterocycles. The number of hydrogen-bond acceptors (Lipinski definition) is 7. The molecule has 8 nitrogen and oxygen atoms in total. The topological polar surface area (TPSA) is 136 Å². The summed E-state index contributed by atoms with van der Waals surface area (Å²) in [5, 5.41) is 24.8. The molecule has 0 spiro atoms. The quantitative estimate of drug-likeness (QED) is 0.327. The number of benzene rings is 2. The first-order valence-corrected chi connectivity index (χ1v) is 11.5. The largest absolute Gasteiger partial charge is 0.390 e. The molecule has 0 amide bonds. The Kier molecular flexibility index (Phi) is 4.86. The number of aliphatic hydroxyl groups is 2. The summed E-state index contributed by atoms with van der Waals surface area (Å²) in [6.45, 7) is 0. The number of para-hydroxylation sites is 1. The maximum Gasteiger partial charge on any atom is 0.146 e. The second-order valence-corrected chi connectivity index (χ2v) is 9.19. The molecule has 6 rings (SSSR count). The van der Waals surface area contributed by atoms with E-state index in [0.717, 1.165) is 45.6 Å². The zero-order valence-electron chi connectivity index (χ0n) is 18.5. The van der Waals surface area contributed by atoms with Crippen molar-refractivity contribution in [3.63, 3.8) is 0 Å². The third-order valence-corrected chi connectivity index (χ3v) is 7.20. The molecule has 172 valence electrons. The van der Waals surface area contributed by atoms with Crippen LogP contribution in [0.2, 0.25) is 0 Å². The summed E-state index contributed by atoms with van der Waals surface area (Å²) < 4.78 is 2.03. The molecule has 4 atom stereocenters. The third-order valence-electron chi connectivity index (χ3n) is 7.20. The van der Waals surface area contributed by atoms with Crippen LogP contribution in [-0.2, 0) is 6.42 Å². The second kappa shape index (κ2) is 7.93. The van der Waals surface area contributed by atoms with Crippen LogP contribution < -0.4 is 11.5 Å². The van der Waals surface area contributed by atoms with Crippen molar-refractivity contribution in [1.82, 2.24) is 19.5 Å². The van der Waals surface area contributed by atoms with Crippen molar-refractivity contribution in [2.45, 2.75) is 37.5 Å². The van der Waals surface area contributed by atoms with E-state index in [1.54, 1.807) is 6.07 Å². The molecule has 8 heteroatoms. The van der Waals surface area contributed by atoms with E-state index in [4.69, 9.17) is 11.5 Å². The number of nitrogens with zero attached hydrogens (tertiary/aromatic N) is 4. The highest BCUT2D eigenvalue weighted by Crippen LogP contribution is 2.42. The Morgan fingerprint density at radius 2 is 1.79 bits per heavy atom. The Morgan fingerprint density at radius 3 is 2.68 bits per heavy atom. The van der Waals surface area contributed by atoms with Crippen LogP contribution in [0.5, 0.6) is 0 Å². The van der Waals surface area contributed by atoms with Crippen molar-refractivity contribution in [2.75, 3.05) is 11.5 Å². The van der Waals surface area contributed by atoms with Gasteiger partial charge in [-0.05, 0) is 55.0 Å². The number of aromatic nitrogens is 4. The summed E-state index contributed by atoms with van der Waals surface area (Å²) in [5.41, 5.74) is 15.6. The van der Waals surface area contributed by atoms with Gasteiger partial charge in [0, 0.05) is 10.8 Å². The first-order valence-electron chi connectivity index (χ1n) is 11.5. The number of hydrogen-bond donors (Lipinski definition) is 4. The van der Waals surface area contributed by atoms with Crippen LogP contribution in [0.4, 0.5) is 11.6 Å². The molecule has 0 unspecified atom stereocenters. The number of aliphatic hydroxyl groups excluding tert-OH is 2. The summed E-state index contributed by atoms with van der Waals surface area (Å²) in [4.78, 5) is 13.1. The lowest BCUT2D eigenvalue weighted by Gasteiger charge is -2.20. The van der Waals surface area contributed by atoms with E-state index in [2.05, 4.69) is 21.0 Å². The van der Waals surface area contributed by atoms with Crippen LogP contribution in [0.3, 0.4) is 0 Å². The number of rotatable bonds is 4. The maximum absolute atomic E-state index is 11.1. The number of fused-ring (bicyclic) bond motifs is 4. The van der Waals surface area contributed by atoms with Crippen molar-refractivity contribution in [3.8, 4) is 0 Å². The lowest BCUT2D eigenvalue weighted by Crippen LogP contribution is -2.29. The summed E-state index contributed by atoms with van der Waals surface area (Å²) in [7, 11) is 0. The Balaban J connectivity index is 1.30. The minimum absolute atomic E-state index is 0.0557. The van der Waals surface area contributed by atoms with E-state index >= 15 is 0 Å². The first-order chi connectivity index (χ1) is 16.5. The smallest absolute Gasteiger partial charge is 0.146 e. The van der Waals surface area contributed by atoms with Crippen molar-refractivity contribution in [1.29, 1.82) is 0 Å². The molecule has 2 aromatic carbocycles. The average Bonchev–Trinajstić information content (AvgIpc) is 3.32. The molecule has 1 aliphatic carbocycles. The van der Waals surface area contributed by atoms with Gasteiger partial charge in [0.1, 0.15) is 29.7 Å². The first kappa shape index (κ1) is 20.8. The van der Waals surface area contributed by atoms with Gasteiger partial charge < -0.3 is 26.2 Å². The second-order valence-electron chi connectivity index (χ2n) is 9.19. The zero-order valence-corrected chi connectivity index (χ0v) is 18.5. The fraction of sp³-hybridized carbons (Fsp3) is 0.269. The van der Waals surface area contributed by atoms with Gasteiger partial charge >= 0.3 is 0 Å². The SMILES string of the molecule is Nc1ccc2ccc(CC[C@H]3C[C@@H](n4c5ccccc5c5c(N)ncnc54)[C@H](O)[C@@H]3O)cc2n1. The minimum Gasteiger partial charge on any atom is -0.390 e. The average molecular weight is 455 g/mol. The van der Waals surface area contributed by atoms with Gasteiger partial charge in [-0.1, -0.05) is 30.3 Å². The summed E-state index contributed by atoms with van der Waals surface area (Å²) >= 11 is 0. The van der Waals surface area contributed by atoms with Gasteiger partial charge in [0.15, 0.2) is 0 Å². The van der Waals surface area contributed by atoms with Gasteiger partial charge in [0.05, 0.1) is 28.6 Å². The minimum atomic E-state index is -0.904. The van der Waals surface area contributed by atoms with Crippen molar-refractivity contribution >= 4 is 44.5 Å². The molecule has 1 saturated carbocycles. The molecule has 6 N–H and O–H groups in total. The molecule has 0 saturated heterocycles. The number of aryl methyl sites for hydroxylation is 1. The van der Waals surface area contributed by atoms with Crippen LogP contribution in [0.15, 0.2) is 60.9 Å². The van der Waals surface area contributed by atoms with E-state index in [0.29, 0.717) is 23.7 Å². The van der Waals surface area contributed by atoms with E-state index < -0.39 is 12.2 Å². The predicted molar refractivity (Wildman–Crippen MR) is 133 cm³/mol. The molecule has 3 aromatic heterocycles. The lowest BCUT2D eigenvalue weighted by molar-refractivity contribution is 0.00595. The number of pyridine rings is 1. The molecule has 1 fully saturated rings. The van der Waals surface area contributed by atoms with E-state index in [9.17, 15) is 10.2 Å². The molecule has 3 heterocycles. The Bertz CT molecular complexity index is 1530. The van der Waals surface area contributed by atoms with Crippen LogP contribution >= 0.6 is 0 Å². The number of nitrogens with two attached hydrogens (primary N) is 2. The Hall–Kier alpha value is -3.75. The summed E-state index contributed by atoms with van der Waals surface area (Å²) in [6, 6.07) is 17.5. The zero-order chi connectivity index (χ0) is 23.4. The summed E-state index contributed by atoms with van der Waals surface area (Å²) in [5.74, 6) is 0.854. The molecule has 34 heavy (non-hydrogen) atoms. The normalized spacial score (nSPS) is 22.8. The monoisotopic (exact) mass is 454 g/mol. The lowest BCUT2D eigenvalue weighted by atomic mass is 9.95. The van der Waals surface area contributed by atoms with Crippen LogP contribution in [0, 0.1) is 5.92 Å². The van der Waals surface area contributed by atoms with Crippen LogP contribution in [-0.4, -0.2) is 41.9 Å². The highest BCUT2D eigenvalue weighted by atomic mass is 16.3. The van der Waals surface area contributed by atoms with Gasteiger partial charge in [0.25, 0.3) is 0 Å². The third kappa shape index (κ3) is 3.26. The predicted octanol–water partition coefficient (Wildman–Crippen LogP) is 3.21. The van der Waals surface area contributed by atoms with Crippen molar-refractivity contribution in [3.05, 3.63) is 66.5 Å². The van der Waals surface area contributed by atoms with Crippen LogP contribution in [0.1, 0.15) is 24.4 Å². The van der Waals surface area contributed by atoms with Gasteiger partial charge in [-0.3, -0.25) is 0 Å². The fourth-order valence-corrected chi connectivity index (χ4v) is 5.50. The maximum atomic E-state index is 11.1. The van der Waals surface area contributed by atoms with Gasteiger partial charge in [-0.25, -0.2) is 15.0 Å². The number of nitrogen functional groups attached to an aromatic ring is 2. The highest BCUT2D eigenvalue weighted by Gasteiger charge is 2.43. The van der Waals surface area contributed by atoms with E-state index in [1.807, 2.05) is 47.0 Å². The number of anilines is 2. The molecular formula is C26H26N6O2. The molecule has 0 bridgehead atoms. The molecule has 5 aromatic rings. The fourth-order valence-electron chi connectivity index (χ4n) is 5.50. The van der Waals surface area contributed by atoms with Crippen LogP contribution in [0.25, 0.3) is 32.8 Å². The van der Waals surface area contributed by atoms with Crippen molar-refractivity contribution < 1.29 is 10.2 Å². The van der Waals surface area contributed by atoms with E-state index in [1.165, 1.54) is 6.33 Å². The highest BCUT2D eigenvalue weighted by molar-refractivity contribution is 6.11.